The number of amides is 1. The maximum Gasteiger partial charge on any atom is 0.417 e. The van der Waals surface area contributed by atoms with Gasteiger partial charge in [0.2, 0.25) is 15.6 Å². The largest absolute Gasteiger partial charge is 0.417 e. The van der Waals surface area contributed by atoms with Crippen molar-refractivity contribution in [3.05, 3.63) is 89.0 Å². The van der Waals surface area contributed by atoms with Crippen LogP contribution in [-0.2, 0) is 22.6 Å². The summed E-state index contributed by atoms with van der Waals surface area (Å²) in [5.74, 6) is 0.0758. The van der Waals surface area contributed by atoms with Crippen molar-refractivity contribution in [3.63, 3.8) is 0 Å². The quantitative estimate of drug-likeness (QED) is 0.449. The standard InChI is InChI=1S/C21H14ClF3N4O3S/c22-18-9-16(5-6-17(18)21(23,24)25)33(31,32)15-3-1-13(2-4-15)10-27-19(30)14-11-28-20-26-7-8-29(20)12-14/h1-9,11-12H,10H2,(H,27,30). The van der Waals surface area contributed by atoms with E-state index in [-0.39, 0.29) is 22.2 Å². The van der Waals surface area contributed by atoms with E-state index in [9.17, 15) is 26.4 Å². The second-order valence-corrected chi connectivity index (χ2v) is 9.30. The van der Waals surface area contributed by atoms with E-state index < -0.39 is 26.6 Å². The third-order valence-corrected chi connectivity index (χ3v) is 6.83. The van der Waals surface area contributed by atoms with Gasteiger partial charge in [-0.05, 0) is 35.9 Å². The Morgan fingerprint density at radius 1 is 1.06 bits per heavy atom. The number of benzene rings is 2. The number of carbonyl (C=O) groups is 1. The van der Waals surface area contributed by atoms with Gasteiger partial charge in [0.1, 0.15) is 0 Å². The Hall–Kier alpha value is -3.44. The number of hydrogen-bond donors (Lipinski definition) is 1. The van der Waals surface area contributed by atoms with E-state index >= 15 is 0 Å². The molecule has 0 atom stereocenters. The summed E-state index contributed by atoms with van der Waals surface area (Å²) in [6, 6.07) is 7.88. The Kier molecular flexibility index (Phi) is 5.85. The van der Waals surface area contributed by atoms with Gasteiger partial charge in [0.05, 0.1) is 25.9 Å². The van der Waals surface area contributed by atoms with Gasteiger partial charge in [0.15, 0.2) is 0 Å². The first-order valence-electron chi connectivity index (χ1n) is 9.33. The molecule has 33 heavy (non-hydrogen) atoms. The fraction of sp³-hybridized carbons (Fsp3) is 0.0952. The number of imidazole rings is 1. The third kappa shape index (κ3) is 4.69. The number of aromatic nitrogens is 3. The SMILES string of the molecule is O=C(NCc1ccc(S(=O)(=O)c2ccc(C(F)(F)F)c(Cl)c2)cc1)c1cnc2nccn2c1. The Labute approximate surface area is 190 Å². The van der Waals surface area contributed by atoms with Crippen molar-refractivity contribution in [2.45, 2.75) is 22.5 Å². The molecule has 2 heterocycles. The van der Waals surface area contributed by atoms with Crippen LogP contribution in [0.15, 0.2) is 77.0 Å². The lowest BCUT2D eigenvalue weighted by atomic mass is 10.2. The zero-order valence-corrected chi connectivity index (χ0v) is 18.1. The maximum atomic E-state index is 12.9. The van der Waals surface area contributed by atoms with Gasteiger partial charge in [0, 0.05) is 31.3 Å². The molecule has 170 valence electrons. The third-order valence-electron chi connectivity index (χ3n) is 4.75. The first-order valence-corrected chi connectivity index (χ1v) is 11.2. The fourth-order valence-electron chi connectivity index (χ4n) is 3.03. The molecule has 2 aromatic heterocycles. The fourth-order valence-corrected chi connectivity index (χ4v) is 4.67. The Morgan fingerprint density at radius 2 is 1.76 bits per heavy atom. The summed E-state index contributed by atoms with van der Waals surface area (Å²) in [4.78, 5) is 19.9. The lowest BCUT2D eigenvalue weighted by Crippen LogP contribution is -2.23. The van der Waals surface area contributed by atoms with Crippen LogP contribution in [0.1, 0.15) is 21.5 Å². The maximum absolute atomic E-state index is 12.9. The minimum absolute atomic E-state index is 0.118. The van der Waals surface area contributed by atoms with E-state index in [4.69, 9.17) is 11.6 Å². The molecule has 0 aliphatic rings. The van der Waals surface area contributed by atoms with Crippen LogP contribution in [-0.4, -0.2) is 28.7 Å². The van der Waals surface area contributed by atoms with Gasteiger partial charge in [-0.15, -0.1) is 0 Å². The molecule has 0 unspecified atom stereocenters. The summed E-state index contributed by atoms with van der Waals surface area (Å²) in [5, 5.41) is 2.00. The highest BCUT2D eigenvalue weighted by Crippen LogP contribution is 2.36. The predicted molar refractivity (Wildman–Crippen MR) is 113 cm³/mol. The molecule has 12 heteroatoms. The Balaban J connectivity index is 1.47. The minimum Gasteiger partial charge on any atom is -0.348 e. The smallest absolute Gasteiger partial charge is 0.348 e. The summed E-state index contributed by atoms with van der Waals surface area (Å²) < 4.78 is 65.7. The highest BCUT2D eigenvalue weighted by Gasteiger charge is 2.34. The summed E-state index contributed by atoms with van der Waals surface area (Å²) in [6.07, 6.45) is 1.49. The number of nitrogens with one attached hydrogen (secondary N) is 1. The number of halogens is 4. The molecule has 0 aliphatic carbocycles. The Bertz CT molecular complexity index is 1450. The van der Waals surface area contributed by atoms with E-state index in [1.54, 1.807) is 23.0 Å². The Morgan fingerprint density at radius 3 is 2.42 bits per heavy atom. The number of carbonyl (C=O) groups excluding carboxylic acids is 1. The molecule has 7 nitrogen and oxygen atoms in total. The molecule has 0 aliphatic heterocycles. The first-order chi connectivity index (χ1) is 15.6. The summed E-state index contributed by atoms with van der Waals surface area (Å²) in [5.41, 5.74) is -0.181. The van der Waals surface area contributed by atoms with Crippen molar-refractivity contribution in [1.82, 2.24) is 19.7 Å². The van der Waals surface area contributed by atoms with E-state index in [0.717, 1.165) is 12.1 Å². The molecular weight excluding hydrogens is 481 g/mol. The van der Waals surface area contributed by atoms with Crippen LogP contribution < -0.4 is 5.32 Å². The van der Waals surface area contributed by atoms with Gasteiger partial charge in [-0.25, -0.2) is 18.4 Å². The van der Waals surface area contributed by atoms with Crippen molar-refractivity contribution in [3.8, 4) is 0 Å². The normalized spacial score (nSPS) is 12.1. The topological polar surface area (TPSA) is 93.4 Å². The average Bonchev–Trinajstić information content (AvgIpc) is 3.24. The summed E-state index contributed by atoms with van der Waals surface area (Å²) in [7, 11) is -4.09. The van der Waals surface area contributed by atoms with E-state index in [1.165, 1.54) is 30.5 Å². The monoisotopic (exact) mass is 494 g/mol. The summed E-state index contributed by atoms with van der Waals surface area (Å²) >= 11 is 5.65. The van der Waals surface area contributed by atoms with Crippen LogP contribution >= 0.6 is 11.6 Å². The van der Waals surface area contributed by atoms with E-state index in [2.05, 4.69) is 15.3 Å². The molecule has 0 bridgehead atoms. The van der Waals surface area contributed by atoms with Gasteiger partial charge >= 0.3 is 6.18 Å². The first kappa shape index (κ1) is 22.7. The van der Waals surface area contributed by atoms with Crippen LogP contribution in [0.3, 0.4) is 0 Å². The molecular formula is C21H14ClF3N4O3S. The molecule has 0 fully saturated rings. The van der Waals surface area contributed by atoms with Gasteiger partial charge < -0.3 is 5.32 Å². The summed E-state index contributed by atoms with van der Waals surface area (Å²) in [6.45, 7) is 0.118. The van der Waals surface area contributed by atoms with Crippen molar-refractivity contribution >= 4 is 33.1 Å². The molecule has 0 spiro atoms. The number of rotatable bonds is 5. The average molecular weight is 495 g/mol. The van der Waals surface area contributed by atoms with Crippen molar-refractivity contribution in [2.75, 3.05) is 0 Å². The molecule has 0 saturated carbocycles. The van der Waals surface area contributed by atoms with Crippen LogP contribution in [0.5, 0.6) is 0 Å². The molecule has 4 aromatic rings. The van der Waals surface area contributed by atoms with Crippen molar-refractivity contribution < 1.29 is 26.4 Å². The number of alkyl halides is 3. The van der Waals surface area contributed by atoms with Gasteiger partial charge in [-0.1, -0.05) is 23.7 Å². The zero-order valence-electron chi connectivity index (χ0n) is 16.5. The van der Waals surface area contributed by atoms with Crippen molar-refractivity contribution in [1.29, 1.82) is 0 Å². The van der Waals surface area contributed by atoms with Gasteiger partial charge in [-0.2, -0.15) is 13.2 Å². The zero-order chi connectivity index (χ0) is 23.8. The highest BCUT2D eigenvalue weighted by molar-refractivity contribution is 7.91. The molecule has 1 N–H and O–H groups in total. The van der Waals surface area contributed by atoms with E-state index in [0.29, 0.717) is 23.0 Å². The predicted octanol–water partition coefficient (Wildman–Crippen LogP) is 4.16. The molecule has 2 aromatic carbocycles. The molecule has 0 saturated heterocycles. The molecule has 4 rings (SSSR count). The number of hydrogen-bond acceptors (Lipinski definition) is 5. The number of sulfone groups is 1. The second-order valence-electron chi connectivity index (χ2n) is 6.95. The number of fused-ring (bicyclic) bond motifs is 1. The lowest BCUT2D eigenvalue weighted by Gasteiger charge is -2.11. The van der Waals surface area contributed by atoms with Crippen molar-refractivity contribution in [2.24, 2.45) is 0 Å². The van der Waals surface area contributed by atoms with Crippen LogP contribution in [0.4, 0.5) is 13.2 Å². The van der Waals surface area contributed by atoms with Gasteiger partial charge in [-0.3, -0.25) is 9.20 Å². The van der Waals surface area contributed by atoms with Gasteiger partial charge in [0.25, 0.3) is 5.91 Å². The van der Waals surface area contributed by atoms with Crippen LogP contribution in [0.2, 0.25) is 5.02 Å². The second kappa shape index (κ2) is 8.49. The minimum atomic E-state index is -4.69. The highest BCUT2D eigenvalue weighted by atomic mass is 35.5. The molecule has 0 radical (unpaired) electrons. The van der Waals surface area contributed by atoms with Crippen LogP contribution in [0, 0.1) is 0 Å². The van der Waals surface area contributed by atoms with Crippen LogP contribution in [0.25, 0.3) is 5.78 Å². The number of nitrogens with zero attached hydrogens (tertiary/aromatic N) is 3. The lowest BCUT2D eigenvalue weighted by molar-refractivity contribution is -0.137. The van der Waals surface area contributed by atoms with E-state index in [1.807, 2.05) is 0 Å². The molecule has 1 amide bonds.